The number of ether oxygens (including phenoxy) is 2. The van der Waals surface area contributed by atoms with Gasteiger partial charge in [0.05, 0.1) is 30.2 Å². The van der Waals surface area contributed by atoms with Gasteiger partial charge in [0, 0.05) is 11.5 Å². The van der Waals surface area contributed by atoms with Crippen LogP contribution >= 0.6 is 23.1 Å². The van der Waals surface area contributed by atoms with Crippen molar-refractivity contribution in [2.45, 2.75) is 30.8 Å². The van der Waals surface area contributed by atoms with Crippen LogP contribution in [-0.2, 0) is 9.53 Å². The van der Waals surface area contributed by atoms with E-state index in [2.05, 4.69) is 6.92 Å². The highest BCUT2D eigenvalue weighted by atomic mass is 32.2. The Balaban J connectivity index is 1.62. The number of methoxy groups -OCH3 is 1. The predicted molar refractivity (Wildman–Crippen MR) is 119 cm³/mol. The first kappa shape index (κ1) is 20.2. The molecule has 1 fully saturated rings. The van der Waals surface area contributed by atoms with E-state index < -0.39 is 0 Å². The second kappa shape index (κ2) is 9.15. The molecule has 0 aliphatic carbocycles. The maximum atomic E-state index is 13.2. The van der Waals surface area contributed by atoms with E-state index in [1.807, 2.05) is 42.5 Å². The first-order valence-corrected chi connectivity index (χ1v) is 11.5. The van der Waals surface area contributed by atoms with Crippen molar-refractivity contribution in [2.75, 3.05) is 30.9 Å². The number of anilines is 1. The number of thioether (sulfide) groups is 1. The lowest BCUT2D eigenvalue weighted by molar-refractivity contribution is -0.116. The van der Waals surface area contributed by atoms with Gasteiger partial charge in [-0.1, -0.05) is 35.6 Å². The molecule has 29 heavy (non-hydrogen) atoms. The summed E-state index contributed by atoms with van der Waals surface area (Å²) in [4.78, 5) is 20.9. The van der Waals surface area contributed by atoms with Crippen molar-refractivity contribution in [1.82, 2.24) is 4.98 Å². The van der Waals surface area contributed by atoms with Crippen LogP contribution in [0.1, 0.15) is 18.4 Å². The Morgan fingerprint density at radius 2 is 2.14 bits per heavy atom. The van der Waals surface area contributed by atoms with E-state index in [1.54, 1.807) is 35.1 Å². The number of benzene rings is 2. The molecule has 1 aliphatic rings. The van der Waals surface area contributed by atoms with Gasteiger partial charge in [-0.2, -0.15) is 0 Å². The molecule has 0 N–H and O–H groups in total. The number of rotatable bonds is 7. The van der Waals surface area contributed by atoms with Gasteiger partial charge in [-0.15, -0.1) is 11.8 Å². The lowest BCUT2D eigenvalue weighted by Crippen LogP contribution is -2.38. The van der Waals surface area contributed by atoms with Gasteiger partial charge >= 0.3 is 0 Å². The van der Waals surface area contributed by atoms with Crippen molar-refractivity contribution >= 4 is 44.4 Å². The highest BCUT2D eigenvalue weighted by molar-refractivity contribution is 8.00. The molecule has 4 rings (SSSR count). The fourth-order valence-electron chi connectivity index (χ4n) is 3.40. The number of fused-ring (bicyclic) bond motifs is 1. The van der Waals surface area contributed by atoms with Crippen LogP contribution in [0.3, 0.4) is 0 Å². The lowest BCUT2D eigenvalue weighted by atomic mass is 10.2. The summed E-state index contributed by atoms with van der Waals surface area (Å²) in [7, 11) is 1.65. The Labute approximate surface area is 179 Å². The quantitative estimate of drug-likeness (QED) is 0.500. The molecule has 152 valence electrons. The van der Waals surface area contributed by atoms with E-state index >= 15 is 0 Å². The summed E-state index contributed by atoms with van der Waals surface area (Å²) < 4.78 is 12.4. The zero-order valence-electron chi connectivity index (χ0n) is 16.6. The van der Waals surface area contributed by atoms with Crippen molar-refractivity contribution in [3.8, 4) is 5.75 Å². The lowest BCUT2D eigenvalue weighted by Gasteiger charge is -2.23. The van der Waals surface area contributed by atoms with Gasteiger partial charge in [-0.05, 0) is 43.5 Å². The van der Waals surface area contributed by atoms with Gasteiger partial charge in [-0.3, -0.25) is 9.69 Å². The van der Waals surface area contributed by atoms with Crippen molar-refractivity contribution < 1.29 is 14.3 Å². The number of thiazole rings is 1. The summed E-state index contributed by atoms with van der Waals surface area (Å²) >= 11 is 3.09. The summed E-state index contributed by atoms with van der Waals surface area (Å²) in [5, 5.41) is 0.710. The van der Waals surface area contributed by atoms with Crippen molar-refractivity contribution in [3.05, 3.63) is 48.0 Å². The monoisotopic (exact) mass is 428 g/mol. The average molecular weight is 429 g/mol. The molecule has 0 radical (unpaired) electrons. The molecule has 5 nitrogen and oxygen atoms in total. The molecule has 0 saturated carbocycles. The largest absolute Gasteiger partial charge is 0.494 e. The second-order valence-electron chi connectivity index (χ2n) is 7.00. The molecular formula is C22H24N2O3S2. The molecule has 1 aromatic heterocycles. The van der Waals surface area contributed by atoms with Crippen molar-refractivity contribution in [2.24, 2.45) is 0 Å². The Hall–Kier alpha value is -2.09. The van der Waals surface area contributed by atoms with Gasteiger partial charge in [-0.25, -0.2) is 4.98 Å². The number of hydrogen-bond donors (Lipinski definition) is 0. The third kappa shape index (κ3) is 4.57. The fourth-order valence-corrected chi connectivity index (χ4v) is 5.27. The number of aryl methyl sites for hydroxylation is 1. The Bertz CT molecular complexity index is 984. The third-order valence-corrected chi connectivity index (χ3v) is 7.17. The summed E-state index contributed by atoms with van der Waals surface area (Å²) in [6, 6.07) is 14.0. The van der Waals surface area contributed by atoms with E-state index in [4.69, 9.17) is 14.5 Å². The molecule has 3 aromatic rings. The molecule has 0 bridgehead atoms. The number of hydrogen-bond acceptors (Lipinski definition) is 6. The van der Waals surface area contributed by atoms with Gasteiger partial charge in [0.15, 0.2) is 5.13 Å². The minimum atomic E-state index is 0.0463. The van der Waals surface area contributed by atoms with E-state index in [0.717, 1.165) is 45.9 Å². The van der Waals surface area contributed by atoms with Crippen molar-refractivity contribution in [1.29, 1.82) is 0 Å². The van der Waals surface area contributed by atoms with Gasteiger partial charge in [0.2, 0.25) is 5.91 Å². The molecule has 1 unspecified atom stereocenters. The molecular weight excluding hydrogens is 404 g/mol. The molecule has 1 amide bonds. The maximum absolute atomic E-state index is 13.2. The number of nitrogens with zero attached hydrogens (tertiary/aromatic N) is 2. The number of aromatic nitrogens is 1. The highest BCUT2D eigenvalue weighted by Gasteiger charge is 2.27. The summed E-state index contributed by atoms with van der Waals surface area (Å²) in [5.41, 5.74) is 1.95. The first-order chi connectivity index (χ1) is 14.2. The third-order valence-electron chi connectivity index (χ3n) is 4.96. The minimum Gasteiger partial charge on any atom is -0.494 e. The average Bonchev–Trinajstić information content (AvgIpc) is 3.42. The standard InChI is InChI=1S/C22H24N2O3S2/c1-15-10-11-18(26-2)20-21(15)29-22(23-20)24(13-16-7-6-12-27-16)19(25)14-28-17-8-4-3-5-9-17/h3-5,8-11,16H,6-7,12-14H2,1-2H3. The highest BCUT2D eigenvalue weighted by Crippen LogP contribution is 2.37. The second-order valence-corrected chi connectivity index (χ2v) is 9.03. The van der Waals surface area contributed by atoms with Crippen LogP contribution in [0.25, 0.3) is 10.2 Å². The van der Waals surface area contributed by atoms with Crippen LogP contribution < -0.4 is 9.64 Å². The summed E-state index contributed by atoms with van der Waals surface area (Å²) in [6.07, 6.45) is 2.08. The maximum Gasteiger partial charge on any atom is 0.239 e. The van der Waals surface area contributed by atoms with Gasteiger partial charge in [0.25, 0.3) is 0 Å². The SMILES string of the molecule is COc1ccc(C)c2sc(N(CC3CCCO3)C(=O)CSc3ccccc3)nc12. The Kier molecular flexibility index (Phi) is 6.37. The van der Waals surface area contributed by atoms with E-state index in [9.17, 15) is 4.79 Å². The van der Waals surface area contributed by atoms with E-state index in [0.29, 0.717) is 17.4 Å². The number of carbonyl (C=O) groups is 1. The van der Waals surface area contributed by atoms with E-state index in [-0.39, 0.29) is 12.0 Å². The molecule has 0 spiro atoms. The minimum absolute atomic E-state index is 0.0463. The molecule has 2 aromatic carbocycles. The van der Waals surface area contributed by atoms with Crippen LogP contribution in [-0.4, -0.2) is 43.0 Å². The zero-order chi connectivity index (χ0) is 20.2. The number of amides is 1. The molecule has 1 saturated heterocycles. The molecule has 7 heteroatoms. The molecule has 1 atom stereocenters. The normalized spacial score (nSPS) is 16.3. The number of carbonyl (C=O) groups excluding carboxylic acids is 1. The van der Waals surface area contributed by atoms with Crippen molar-refractivity contribution in [3.63, 3.8) is 0 Å². The van der Waals surface area contributed by atoms with Crippen LogP contribution in [0.5, 0.6) is 5.75 Å². The molecule has 1 aliphatic heterocycles. The summed E-state index contributed by atoms with van der Waals surface area (Å²) in [6.45, 7) is 3.36. The fraction of sp³-hybridized carbons (Fsp3) is 0.364. The van der Waals surface area contributed by atoms with Crippen LogP contribution in [0.2, 0.25) is 0 Å². The smallest absolute Gasteiger partial charge is 0.239 e. The van der Waals surface area contributed by atoms with E-state index in [1.165, 1.54) is 0 Å². The predicted octanol–water partition coefficient (Wildman–Crippen LogP) is 4.92. The van der Waals surface area contributed by atoms with Crippen LogP contribution in [0.4, 0.5) is 5.13 Å². The van der Waals surface area contributed by atoms with Crippen LogP contribution in [0.15, 0.2) is 47.4 Å². The zero-order valence-corrected chi connectivity index (χ0v) is 18.2. The van der Waals surface area contributed by atoms with Gasteiger partial charge in [0.1, 0.15) is 11.3 Å². The summed E-state index contributed by atoms with van der Waals surface area (Å²) in [5.74, 6) is 1.14. The Morgan fingerprint density at radius 1 is 1.31 bits per heavy atom. The topological polar surface area (TPSA) is 51.7 Å². The Morgan fingerprint density at radius 3 is 2.86 bits per heavy atom. The van der Waals surface area contributed by atoms with Gasteiger partial charge < -0.3 is 9.47 Å². The van der Waals surface area contributed by atoms with Crippen LogP contribution in [0, 0.1) is 6.92 Å². The first-order valence-electron chi connectivity index (χ1n) is 9.69. The molecule has 2 heterocycles.